The van der Waals surface area contributed by atoms with Gasteiger partial charge < -0.3 is 19.9 Å². The molecule has 1 unspecified atom stereocenters. The van der Waals surface area contributed by atoms with Crippen molar-refractivity contribution in [1.82, 2.24) is 9.47 Å². The fourth-order valence-electron chi connectivity index (χ4n) is 2.97. The van der Waals surface area contributed by atoms with E-state index in [1.54, 1.807) is 34.8 Å². The van der Waals surface area contributed by atoms with Crippen LogP contribution in [0.4, 0.5) is 5.69 Å². The molecule has 2 N–H and O–H groups in total. The minimum absolute atomic E-state index is 0.0115. The van der Waals surface area contributed by atoms with E-state index in [0.717, 1.165) is 10.9 Å². The zero-order valence-corrected chi connectivity index (χ0v) is 13.4. The molecule has 1 saturated heterocycles. The van der Waals surface area contributed by atoms with Gasteiger partial charge in [-0.15, -0.1) is 0 Å². The number of anilines is 1. The summed E-state index contributed by atoms with van der Waals surface area (Å²) in [5, 5.41) is 12.6. The molecule has 0 spiro atoms. The number of nitrogens with zero attached hydrogens (tertiary/aromatic N) is 2. The fraction of sp³-hybridized carbons (Fsp3) is 0.353. The van der Waals surface area contributed by atoms with Gasteiger partial charge in [-0.05, 0) is 30.7 Å². The number of aliphatic carboxylic acids is 1. The van der Waals surface area contributed by atoms with Crippen molar-refractivity contribution in [1.29, 1.82) is 0 Å². The largest absolute Gasteiger partial charge is 0.480 e. The van der Waals surface area contributed by atoms with Crippen LogP contribution >= 0.6 is 0 Å². The van der Waals surface area contributed by atoms with Crippen molar-refractivity contribution in [2.75, 3.05) is 18.9 Å². The summed E-state index contributed by atoms with van der Waals surface area (Å²) in [6.07, 6.45) is 2.60. The second-order valence-corrected chi connectivity index (χ2v) is 6.11. The summed E-state index contributed by atoms with van der Waals surface area (Å²) >= 11 is 0. The van der Waals surface area contributed by atoms with E-state index in [1.165, 1.54) is 0 Å². The molecule has 2 heterocycles. The summed E-state index contributed by atoms with van der Waals surface area (Å²) in [5.74, 6) is -1.37. The second kappa shape index (κ2) is 6.35. The van der Waals surface area contributed by atoms with Gasteiger partial charge in [-0.1, -0.05) is 0 Å². The number of carboxylic acid groups (broad SMARTS) is 1. The Morgan fingerprint density at radius 1 is 1.33 bits per heavy atom. The Balaban J connectivity index is 1.72. The summed E-state index contributed by atoms with van der Waals surface area (Å²) in [4.78, 5) is 36.5. The molecular weight excluding hydrogens is 310 g/mol. The van der Waals surface area contributed by atoms with E-state index in [9.17, 15) is 14.4 Å². The van der Waals surface area contributed by atoms with Crippen molar-refractivity contribution in [2.45, 2.75) is 19.4 Å². The molecule has 7 heteroatoms. The molecule has 126 valence electrons. The summed E-state index contributed by atoms with van der Waals surface area (Å²) in [5.41, 5.74) is 1.44. The summed E-state index contributed by atoms with van der Waals surface area (Å²) in [6, 6.07) is 7.15. The van der Waals surface area contributed by atoms with Crippen molar-refractivity contribution in [2.24, 2.45) is 5.92 Å². The third kappa shape index (κ3) is 3.24. The first kappa shape index (κ1) is 16.0. The van der Waals surface area contributed by atoms with Gasteiger partial charge in [0.15, 0.2) is 0 Å². The summed E-state index contributed by atoms with van der Waals surface area (Å²) in [6.45, 7) is 0.487. The zero-order valence-electron chi connectivity index (χ0n) is 13.4. The van der Waals surface area contributed by atoms with Crippen LogP contribution in [-0.2, 0) is 20.9 Å². The van der Waals surface area contributed by atoms with Crippen LogP contribution < -0.4 is 5.32 Å². The molecule has 1 aromatic heterocycles. The lowest BCUT2D eigenvalue weighted by Gasteiger charge is -2.27. The van der Waals surface area contributed by atoms with Crippen molar-refractivity contribution < 1.29 is 19.5 Å². The highest BCUT2D eigenvalue weighted by atomic mass is 16.4. The van der Waals surface area contributed by atoms with Crippen molar-refractivity contribution in [3.8, 4) is 0 Å². The molecule has 3 rings (SSSR count). The van der Waals surface area contributed by atoms with Crippen molar-refractivity contribution in [3.63, 3.8) is 0 Å². The van der Waals surface area contributed by atoms with Crippen molar-refractivity contribution >= 4 is 34.4 Å². The molecule has 1 aliphatic heterocycles. The molecule has 0 radical (unpaired) electrons. The number of hydrogen-bond donors (Lipinski definition) is 2. The molecule has 0 aliphatic carbocycles. The standard InChI is InChI=1S/C17H19N3O4/c1-19-6-4-12(9-15(19)21)17(24)18-13-2-3-14-11(8-13)5-7-20(14)10-16(22)23/h2-3,5,7-8,12H,4,6,9-10H2,1H3,(H,18,24)(H,22,23). The Bertz CT molecular complexity index is 811. The number of likely N-dealkylation sites (tertiary alicyclic amines) is 1. The molecule has 2 amide bonds. The highest BCUT2D eigenvalue weighted by molar-refractivity contribution is 5.97. The number of carbonyl (C=O) groups is 3. The highest BCUT2D eigenvalue weighted by Gasteiger charge is 2.28. The minimum Gasteiger partial charge on any atom is -0.480 e. The molecule has 7 nitrogen and oxygen atoms in total. The van der Waals surface area contributed by atoms with Crippen LogP contribution in [0.1, 0.15) is 12.8 Å². The Labute approximate surface area is 138 Å². The first-order valence-corrected chi connectivity index (χ1v) is 7.79. The third-order valence-electron chi connectivity index (χ3n) is 4.37. The van der Waals surface area contributed by atoms with Gasteiger partial charge in [-0.2, -0.15) is 0 Å². The van der Waals surface area contributed by atoms with E-state index < -0.39 is 5.97 Å². The monoisotopic (exact) mass is 329 g/mol. The smallest absolute Gasteiger partial charge is 0.323 e. The number of rotatable bonds is 4. The van der Waals surface area contributed by atoms with Crippen LogP contribution in [-0.4, -0.2) is 45.9 Å². The molecule has 0 saturated carbocycles. The predicted octanol–water partition coefficient (Wildman–Crippen LogP) is 1.53. The molecule has 1 fully saturated rings. The first-order valence-electron chi connectivity index (χ1n) is 7.79. The van der Waals surface area contributed by atoms with E-state index in [-0.39, 0.29) is 30.7 Å². The van der Waals surface area contributed by atoms with Crippen LogP contribution in [0.25, 0.3) is 10.9 Å². The molecule has 1 atom stereocenters. The maximum atomic E-state index is 12.3. The normalized spacial score (nSPS) is 18.0. The number of carboxylic acids is 1. The molecular formula is C17H19N3O4. The predicted molar refractivity (Wildman–Crippen MR) is 88.6 cm³/mol. The molecule has 1 aromatic carbocycles. The number of piperidine rings is 1. The number of benzene rings is 1. The molecule has 1 aliphatic rings. The highest BCUT2D eigenvalue weighted by Crippen LogP contribution is 2.23. The molecule has 0 bridgehead atoms. The van der Waals surface area contributed by atoms with E-state index in [4.69, 9.17) is 5.11 Å². The van der Waals surface area contributed by atoms with Crippen LogP contribution in [0.2, 0.25) is 0 Å². The maximum absolute atomic E-state index is 12.3. The Hall–Kier alpha value is -2.83. The van der Waals surface area contributed by atoms with Crippen LogP contribution in [0.3, 0.4) is 0 Å². The van der Waals surface area contributed by atoms with Gasteiger partial charge in [0.25, 0.3) is 0 Å². The Morgan fingerprint density at radius 2 is 2.12 bits per heavy atom. The summed E-state index contributed by atoms with van der Waals surface area (Å²) in [7, 11) is 1.74. The van der Waals surface area contributed by atoms with Gasteiger partial charge in [0.2, 0.25) is 11.8 Å². The lowest BCUT2D eigenvalue weighted by molar-refractivity contribution is -0.137. The first-order chi connectivity index (χ1) is 11.4. The topological polar surface area (TPSA) is 91.6 Å². The third-order valence-corrected chi connectivity index (χ3v) is 4.37. The quantitative estimate of drug-likeness (QED) is 0.890. The minimum atomic E-state index is -0.906. The Kier molecular flexibility index (Phi) is 4.24. The number of aromatic nitrogens is 1. The molecule has 24 heavy (non-hydrogen) atoms. The zero-order chi connectivity index (χ0) is 17.3. The second-order valence-electron chi connectivity index (χ2n) is 6.11. The van der Waals surface area contributed by atoms with Gasteiger partial charge in [-0.3, -0.25) is 14.4 Å². The lowest BCUT2D eigenvalue weighted by Crippen LogP contribution is -2.39. The molecule has 2 aromatic rings. The number of hydrogen-bond acceptors (Lipinski definition) is 3. The van der Waals surface area contributed by atoms with Gasteiger partial charge in [0, 0.05) is 48.7 Å². The summed E-state index contributed by atoms with van der Waals surface area (Å²) < 4.78 is 1.64. The van der Waals surface area contributed by atoms with Gasteiger partial charge >= 0.3 is 5.97 Å². The van der Waals surface area contributed by atoms with E-state index in [0.29, 0.717) is 18.7 Å². The average Bonchev–Trinajstić information content (AvgIpc) is 2.91. The SMILES string of the molecule is CN1CCC(C(=O)Nc2ccc3c(ccn3CC(=O)O)c2)CC1=O. The number of amides is 2. The number of nitrogens with one attached hydrogen (secondary N) is 1. The maximum Gasteiger partial charge on any atom is 0.323 e. The fourth-order valence-corrected chi connectivity index (χ4v) is 2.97. The van der Waals surface area contributed by atoms with Gasteiger partial charge in [0.05, 0.1) is 0 Å². The van der Waals surface area contributed by atoms with E-state index in [1.807, 2.05) is 12.1 Å². The lowest BCUT2D eigenvalue weighted by atomic mass is 9.95. The van der Waals surface area contributed by atoms with E-state index in [2.05, 4.69) is 5.32 Å². The number of fused-ring (bicyclic) bond motifs is 1. The van der Waals surface area contributed by atoms with Crippen LogP contribution in [0.15, 0.2) is 30.5 Å². The van der Waals surface area contributed by atoms with Crippen LogP contribution in [0.5, 0.6) is 0 Å². The van der Waals surface area contributed by atoms with E-state index >= 15 is 0 Å². The van der Waals surface area contributed by atoms with Gasteiger partial charge in [0.1, 0.15) is 6.54 Å². The average molecular weight is 329 g/mol. The van der Waals surface area contributed by atoms with Crippen LogP contribution in [0, 0.1) is 5.92 Å². The Morgan fingerprint density at radius 3 is 2.83 bits per heavy atom. The van der Waals surface area contributed by atoms with Gasteiger partial charge in [-0.25, -0.2) is 0 Å². The number of carbonyl (C=O) groups excluding carboxylic acids is 2. The van der Waals surface area contributed by atoms with Crippen molar-refractivity contribution in [3.05, 3.63) is 30.5 Å².